The summed E-state index contributed by atoms with van der Waals surface area (Å²) >= 11 is 0. The zero-order valence-electron chi connectivity index (χ0n) is 10.9. The predicted molar refractivity (Wildman–Crippen MR) is 71.0 cm³/mol. The lowest BCUT2D eigenvalue weighted by Crippen LogP contribution is -2.02. The van der Waals surface area contributed by atoms with Gasteiger partial charge in [-0.2, -0.15) is 0 Å². The topological polar surface area (TPSA) is 78.4 Å². The van der Waals surface area contributed by atoms with E-state index in [-0.39, 0.29) is 6.01 Å². The van der Waals surface area contributed by atoms with E-state index in [1.165, 1.54) is 26.6 Å². The molecule has 0 spiro atoms. The lowest BCUT2D eigenvalue weighted by Gasteiger charge is -2.04. The summed E-state index contributed by atoms with van der Waals surface area (Å²) in [6.07, 6.45) is 2.88. The Labute approximate surface area is 118 Å². The molecule has 1 aromatic carbocycles. The second-order valence-corrected chi connectivity index (χ2v) is 5.17. The average molecular weight is 292 g/mol. The van der Waals surface area contributed by atoms with Crippen LogP contribution in [0.5, 0.6) is 6.01 Å². The van der Waals surface area contributed by atoms with Crippen molar-refractivity contribution in [2.24, 2.45) is 0 Å². The number of hydrogen-bond donors (Lipinski definition) is 0. The molecule has 1 aromatic heterocycles. The molecule has 0 radical (unpaired) electrons. The van der Waals surface area contributed by atoms with E-state index in [2.05, 4.69) is 14.7 Å². The minimum absolute atomic E-state index is 0.215. The number of carbonyl (C=O) groups is 1. The van der Waals surface area contributed by atoms with Gasteiger partial charge in [0.1, 0.15) is 0 Å². The van der Waals surface area contributed by atoms with Gasteiger partial charge in [-0.15, -0.1) is 0 Å². The summed E-state index contributed by atoms with van der Waals surface area (Å²) in [4.78, 5) is 20.1. The van der Waals surface area contributed by atoms with Gasteiger partial charge in [0, 0.05) is 4.90 Å². The molecule has 2 aromatic rings. The van der Waals surface area contributed by atoms with Crippen molar-refractivity contribution in [1.82, 2.24) is 9.97 Å². The number of carbonyl (C=O) groups excluding carboxylic acids is 1. The summed E-state index contributed by atoms with van der Waals surface area (Å²) in [5.74, 6) is -0.435. The molecule has 0 saturated carbocycles. The van der Waals surface area contributed by atoms with Gasteiger partial charge in [0.25, 0.3) is 0 Å². The van der Waals surface area contributed by atoms with Gasteiger partial charge in [-0.1, -0.05) is 0 Å². The molecule has 0 aliphatic rings. The van der Waals surface area contributed by atoms with Crippen LogP contribution in [0.15, 0.2) is 46.5 Å². The first-order valence-electron chi connectivity index (χ1n) is 5.62. The summed E-state index contributed by atoms with van der Waals surface area (Å²) in [6, 6.07) is 6.54. The minimum Gasteiger partial charge on any atom is -0.467 e. The number of methoxy groups -OCH3 is 2. The quantitative estimate of drug-likeness (QED) is 0.793. The number of benzene rings is 1. The standard InChI is InChI=1S/C13H12N2O4S/c1-18-12(16)9-3-5-10(6-4-9)20(17)11-7-14-13(19-2)15-8-11/h3-8H,1-2H3. The van der Waals surface area contributed by atoms with Crippen molar-refractivity contribution in [3.63, 3.8) is 0 Å². The van der Waals surface area contributed by atoms with E-state index in [0.717, 1.165) is 0 Å². The Bertz CT molecular complexity index is 626. The maximum atomic E-state index is 12.3. The first kappa shape index (κ1) is 14.1. The molecule has 0 fully saturated rings. The van der Waals surface area contributed by atoms with Gasteiger partial charge in [0.2, 0.25) is 0 Å². The second kappa shape index (κ2) is 6.25. The van der Waals surface area contributed by atoms with E-state index in [1.54, 1.807) is 24.3 Å². The third-order valence-electron chi connectivity index (χ3n) is 2.49. The molecule has 1 heterocycles. The van der Waals surface area contributed by atoms with Gasteiger partial charge in [-0.05, 0) is 24.3 Å². The lowest BCUT2D eigenvalue weighted by atomic mass is 10.2. The van der Waals surface area contributed by atoms with Crippen LogP contribution in [-0.2, 0) is 15.5 Å². The number of hydrogen-bond acceptors (Lipinski definition) is 6. The number of rotatable bonds is 4. The van der Waals surface area contributed by atoms with E-state index in [0.29, 0.717) is 15.4 Å². The minimum atomic E-state index is -1.41. The molecule has 0 bridgehead atoms. The van der Waals surface area contributed by atoms with Gasteiger partial charge in [0.05, 0.1) is 47.9 Å². The van der Waals surface area contributed by atoms with Crippen LogP contribution in [0.1, 0.15) is 10.4 Å². The summed E-state index contributed by atoms with van der Waals surface area (Å²) < 4.78 is 21.7. The molecule has 0 amide bonds. The maximum absolute atomic E-state index is 12.3. The van der Waals surface area contributed by atoms with Crippen LogP contribution >= 0.6 is 0 Å². The van der Waals surface area contributed by atoms with Crippen LogP contribution in [-0.4, -0.2) is 34.4 Å². The molecule has 6 nitrogen and oxygen atoms in total. The van der Waals surface area contributed by atoms with Gasteiger partial charge in [-0.3, -0.25) is 0 Å². The highest BCUT2D eigenvalue weighted by atomic mass is 32.2. The van der Waals surface area contributed by atoms with Gasteiger partial charge in [-0.25, -0.2) is 19.0 Å². The Balaban J connectivity index is 2.22. The molecule has 2 rings (SSSR count). The fourth-order valence-electron chi connectivity index (χ4n) is 1.47. The summed E-state index contributed by atoms with van der Waals surface area (Å²) in [5, 5.41) is 0. The van der Waals surface area contributed by atoms with E-state index < -0.39 is 16.8 Å². The highest BCUT2D eigenvalue weighted by molar-refractivity contribution is 7.85. The number of ether oxygens (including phenoxy) is 2. The Morgan fingerprint density at radius 2 is 1.65 bits per heavy atom. The maximum Gasteiger partial charge on any atom is 0.337 e. The summed E-state index contributed by atoms with van der Waals surface area (Å²) in [6.45, 7) is 0. The van der Waals surface area contributed by atoms with Gasteiger partial charge >= 0.3 is 12.0 Å². The van der Waals surface area contributed by atoms with Crippen LogP contribution in [0, 0.1) is 0 Å². The fourth-order valence-corrected chi connectivity index (χ4v) is 2.43. The van der Waals surface area contributed by atoms with Crippen molar-refractivity contribution in [1.29, 1.82) is 0 Å². The SMILES string of the molecule is COC(=O)c1ccc(S(=O)c2cnc(OC)nc2)cc1. The molecule has 1 unspecified atom stereocenters. The van der Waals surface area contributed by atoms with Crippen LogP contribution in [0.4, 0.5) is 0 Å². The monoisotopic (exact) mass is 292 g/mol. The Kier molecular flexibility index (Phi) is 4.41. The lowest BCUT2D eigenvalue weighted by molar-refractivity contribution is 0.0600. The fraction of sp³-hybridized carbons (Fsp3) is 0.154. The zero-order chi connectivity index (χ0) is 14.5. The van der Waals surface area contributed by atoms with Crippen LogP contribution < -0.4 is 4.74 Å². The zero-order valence-corrected chi connectivity index (χ0v) is 11.7. The molecule has 104 valence electrons. The molecule has 0 aliphatic heterocycles. The van der Waals surface area contributed by atoms with Crippen LogP contribution in [0.2, 0.25) is 0 Å². The molecule has 0 saturated heterocycles. The van der Waals surface area contributed by atoms with E-state index in [9.17, 15) is 9.00 Å². The molecule has 1 atom stereocenters. The van der Waals surface area contributed by atoms with Gasteiger partial charge in [0.15, 0.2) is 0 Å². The first-order valence-corrected chi connectivity index (χ1v) is 6.77. The van der Waals surface area contributed by atoms with Crippen molar-refractivity contribution < 1.29 is 18.5 Å². The first-order chi connectivity index (χ1) is 9.65. The van der Waals surface area contributed by atoms with Crippen molar-refractivity contribution in [3.05, 3.63) is 42.2 Å². The molecule has 0 aliphatic carbocycles. The summed E-state index contributed by atoms with van der Waals surface area (Å²) in [7, 11) is 1.35. The van der Waals surface area contributed by atoms with Crippen molar-refractivity contribution >= 4 is 16.8 Å². The van der Waals surface area contributed by atoms with Crippen molar-refractivity contribution in [2.75, 3.05) is 14.2 Å². The Morgan fingerprint density at radius 3 is 2.15 bits per heavy atom. The predicted octanol–water partition coefficient (Wildman–Crippen LogP) is 1.44. The van der Waals surface area contributed by atoms with Crippen LogP contribution in [0.3, 0.4) is 0 Å². The second-order valence-electron chi connectivity index (χ2n) is 3.69. The van der Waals surface area contributed by atoms with Gasteiger partial charge < -0.3 is 9.47 Å². The van der Waals surface area contributed by atoms with Crippen molar-refractivity contribution in [3.8, 4) is 6.01 Å². The molecule has 20 heavy (non-hydrogen) atoms. The highest BCUT2D eigenvalue weighted by Gasteiger charge is 2.11. The largest absolute Gasteiger partial charge is 0.467 e. The Hall–Kier alpha value is -2.28. The van der Waals surface area contributed by atoms with E-state index in [4.69, 9.17) is 4.74 Å². The normalized spacial score (nSPS) is 11.7. The summed E-state index contributed by atoms with van der Waals surface area (Å²) in [5.41, 5.74) is 0.402. The third kappa shape index (κ3) is 3.00. The smallest absolute Gasteiger partial charge is 0.337 e. The van der Waals surface area contributed by atoms with E-state index >= 15 is 0 Å². The third-order valence-corrected chi connectivity index (χ3v) is 3.83. The highest BCUT2D eigenvalue weighted by Crippen LogP contribution is 2.16. The molecule has 0 N–H and O–H groups in total. The number of esters is 1. The van der Waals surface area contributed by atoms with E-state index in [1.807, 2.05) is 0 Å². The molecular formula is C13H12N2O4S. The van der Waals surface area contributed by atoms with Crippen LogP contribution in [0.25, 0.3) is 0 Å². The number of aromatic nitrogens is 2. The molecular weight excluding hydrogens is 280 g/mol. The Morgan fingerprint density at radius 1 is 1.05 bits per heavy atom. The molecule has 7 heteroatoms. The van der Waals surface area contributed by atoms with Crippen molar-refractivity contribution in [2.45, 2.75) is 9.79 Å². The number of nitrogens with zero attached hydrogens (tertiary/aromatic N) is 2. The average Bonchev–Trinajstić information content (AvgIpc) is 2.53.